The van der Waals surface area contributed by atoms with Gasteiger partial charge in [-0.15, -0.1) is 0 Å². The number of methoxy groups -OCH3 is 1. The molecule has 1 heterocycles. The second-order valence-corrected chi connectivity index (χ2v) is 7.14. The minimum absolute atomic E-state index is 0.323. The molecule has 0 unspecified atom stereocenters. The molecule has 0 saturated carbocycles. The highest BCUT2D eigenvalue weighted by atomic mass is 79.9. The van der Waals surface area contributed by atoms with Crippen molar-refractivity contribution in [2.24, 2.45) is 0 Å². The van der Waals surface area contributed by atoms with Crippen LogP contribution < -0.4 is 15.4 Å². The van der Waals surface area contributed by atoms with Crippen molar-refractivity contribution >= 4 is 51.2 Å². The number of benzene rings is 2. The molecule has 164 valence electrons. The summed E-state index contributed by atoms with van der Waals surface area (Å²) in [6, 6.07) is 16.7. The SMILES string of the molecule is COc1ccccc1NC(=O)c1ccc(NC(=O)COC(=O)/C=C/c2ccc(Br)o2)cc1. The molecular formula is C23H19BrN2O6. The Balaban J connectivity index is 1.48. The van der Waals surface area contributed by atoms with Gasteiger partial charge >= 0.3 is 5.97 Å². The van der Waals surface area contributed by atoms with E-state index < -0.39 is 18.5 Å². The van der Waals surface area contributed by atoms with Gasteiger partial charge in [-0.25, -0.2) is 4.79 Å². The Morgan fingerprint density at radius 1 is 1.00 bits per heavy atom. The summed E-state index contributed by atoms with van der Waals surface area (Å²) in [5, 5.41) is 5.36. The highest BCUT2D eigenvalue weighted by molar-refractivity contribution is 9.10. The lowest BCUT2D eigenvalue weighted by Gasteiger charge is -2.10. The van der Waals surface area contributed by atoms with Gasteiger partial charge in [-0.05, 0) is 70.5 Å². The number of anilines is 2. The van der Waals surface area contributed by atoms with Crippen LogP contribution in [0, 0.1) is 0 Å². The minimum atomic E-state index is -0.684. The van der Waals surface area contributed by atoms with Crippen LogP contribution in [0.3, 0.4) is 0 Å². The molecule has 3 aromatic rings. The molecule has 0 saturated heterocycles. The van der Waals surface area contributed by atoms with Crippen molar-refractivity contribution in [1.82, 2.24) is 0 Å². The zero-order valence-electron chi connectivity index (χ0n) is 17.0. The Kier molecular flexibility index (Phi) is 7.82. The fraction of sp³-hybridized carbons (Fsp3) is 0.0870. The van der Waals surface area contributed by atoms with Crippen molar-refractivity contribution in [3.63, 3.8) is 0 Å². The molecule has 0 radical (unpaired) electrons. The van der Waals surface area contributed by atoms with Crippen LogP contribution in [-0.2, 0) is 14.3 Å². The van der Waals surface area contributed by atoms with E-state index >= 15 is 0 Å². The van der Waals surface area contributed by atoms with Crippen molar-refractivity contribution in [3.8, 4) is 5.75 Å². The second kappa shape index (κ2) is 11.0. The molecular weight excluding hydrogens is 480 g/mol. The Morgan fingerprint density at radius 2 is 1.75 bits per heavy atom. The van der Waals surface area contributed by atoms with Gasteiger partial charge in [-0.1, -0.05) is 12.1 Å². The summed E-state index contributed by atoms with van der Waals surface area (Å²) >= 11 is 3.16. The lowest BCUT2D eigenvalue weighted by molar-refractivity contribution is -0.142. The van der Waals surface area contributed by atoms with Gasteiger partial charge in [0.2, 0.25) is 0 Å². The zero-order valence-corrected chi connectivity index (χ0v) is 18.5. The number of nitrogens with one attached hydrogen (secondary N) is 2. The third kappa shape index (κ3) is 6.58. The maximum absolute atomic E-state index is 12.4. The minimum Gasteiger partial charge on any atom is -0.495 e. The van der Waals surface area contributed by atoms with Crippen molar-refractivity contribution in [2.75, 3.05) is 24.4 Å². The average molecular weight is 499 g/mol. The first-order valence-corrected chi connectivity index (χ1v) is 10.2. The molecule has 32 heavy (non-hydrogen) atoms. The first kappa shape index (κ1) is 22.8. The van der Waals surface area contributed by atoms with Gasteiger partial charge in [0.1, 0.15) is 11.5 Å². The molecule has 0 aliphatic rings. The first-order valence-electron chi connectivity index (χ1n) is 9.39. The van der Waals surface area contributed by atoms with Crippen LogP contribution in [0.1, 0.15) is 16.1 Å². The number of furan rings is 1. The van der Waals surface area contributed by atoms with E-state index in [1.54, 1.807) is 60.7 Å². The molecule has 0 atom stereocenters. The van der Waals surface area contributed by atoms with E-state index in [4.69, 9.17) is 13.9 Å². The van der Waals surface area contributed by atoms with E-state index in [1.165, 1.54) is 13.2 Å². The highest BCUT2D eigenvalue weighted by Crippen LogP contribution is 2.24. The summed E-state index contributed by atoms with van der Waals surface area (Å²) in [7, 11) is 1.52. The zero-order chi connectivity index (χ0) is 22.9. The predicted octanol–water partition coefficient (Wildman–Crippen LogP) is 4.50. The van der Waals surface area contributed by atoms with E-state index in [9.17, 15) is 14.4 Å². The number of hydrogen-bond donors (Lipinski definition) is 2. The lowest BCUT2D eigenvalue weighted by atomic mass is 10.2. The van der Waals surface area contributed by atoms with Crippen LogP contribution in [0.25, 0.3) is 6.08 Å². The number of carbonyl (C=O) groups excluding carboxylic acids is 3. The lowest BCUT2D eigenvalue weighted by Crippen LogP contribution is -2.20. The Bertz CT molecular complexity index is 1140. The van der Waals surface area contributed by atoms with E-state index in [0.29, 0.717) is 33.1 Å². The maximum atomic E-state index is 12.4. The van der Waals surface area contributed by atoms with E-state index in [1.807, 2.05) is 0 Å². The van der Waals surface area contributed by atoms with E-state index in [-0.39, 0.29) is 5.91 Å². The summed E-state index contributed by atoms with van der Waals surface area (Å²) in [6.45, 7) is -0.457. The van der Waals surface area contributed by atoms with Gasteiger partial charge in [0.25, 0.3) is 11.8 Å². The number of para-hydroxylation sites is 2. The molecule has 0 spiro atoms. The predicted molar refractivity (Wildman–Crippen MR) is 122 cm³/mol. The average Bonchev–Trinajstić information content (AvgIpc) is 3.22. The topological polar surface area (TPSA) is 107 Å². The molecule has 9 heteroatoms. The van der Waals surface area contributed by atoms with Crippen molar-refractivity contribution in [1.29, 1.82) is 0 Å². The molecule has 2 amide bonds. The third-order valence-electron chi connectivity index (χ3n) is 4.11. The van der Waals surface area contributed by atoms with Crippen molar-refractivity contribution in [3.05, 3.63) is 82.7 Å². The molecule has 8 nitrogen and oxygen atoms in total. The molecule has 0 fully saturated rings. The van der Waals surface area contributed by atoms with Crippen LogP contribution in [0.15, 0.2) is 75.8 Å². The van der Waals surface area contributed by atoms with E-state index in [2.05, 4.69) is 26.6 Å². The van der Waals surface area contributed by atoms with Gasteiger partial charge in [0, 0.05) is 17.3 Å². The van der Waals surface area contributed by atoms with Gasteiger partial charge < -0.3 is 24.5 Å². The number of carbonyl (C=O) groups is 3. The summed E-state index contributed by atoms with van der Waals surface area (Å²) in [4.78, 5) is 36.1. The number of hydrogen-bond acceptors (Lipinski definition) is 6. The van der Waals surface area contributed by atoms with Crippen LogP contribution in [0.4, 0.5) is 11.4 Å². The van der Waals surface area contributed by atoms with Crippen molar-refractivity contribution < 1.29 is 28.3 Å². The fourth-order valence-corrected chi connectivity index (χ4v) is 2.92. The highest BCUT2D eigenvalue weighted by Gasteiger charge is 2.10. The summed E-state index contributed by atoms with van der Waals surface area (Å²) in [6.07, 6.45) is 2.59. The molecule has 2 N–H and O–H groups in total. The largest absolute Gasteiger partial charge is 0.495 e. The summed E-state index contributed by atoms with van der Waals surface area (Å²) in [5.74, 6) is -0.509. The third-order valence-corrected chi connectivity index (χ3v) is 4.54. The monoisotopic (exact) mass is 498 g/mol. The summed E-state index contributed by atoms with van der Waals surface area (Å²) in [5.41, 5.74) is 1.40. The van der Waals surface area contributed by atoms with Crippen LogP contribution >= 0.6 is 15.9 Å². The number of halogens is 1. The van der Waals surface area contributed by atoms with Crippen molar-refractivity contribution in [2.45, 2.75) is 0 Å². The maximum Gasteiger partial charge on any atom is 0.331 e. The normalized spacial score (nSPS) is 10.6. The molecule has 3 rings (SSSR count). The van der Waals surface area contributed by atoms with Crippen LogP contribution in [0.2, 0.25) is 0 Å². The number of ether oxygens (including phenoxy) is 2. The first-order chi connectivity index (χ1) is 15.4. The molecule has 0 aliphatic heterocycles. The van der Waals surface area contributed by atoms with Gasteiger partial charge in [0.05, 0.1) is 12.8 Å². The number of rotatable bonds is 8. The molecule has 0 aliphatic carbocycles. The fourth-order valence-electron chi connectivity index (χ4n) is 2.60. The smallest absolute Gasteiger partial charge is 0.331 e. The number of esters is 1. The Labute approximate surface area is 192 Å². The van der Waals surface area contributed by atoms with E-state index in [0.717, 1.165) is 6.08 Å². The molecule has 1 aromatic heterocycles. The molecule has 0 bridgehead atoms. The quantitative estimate of drug-likeness (QED) is 0.349. The standard InChI is InChI=1S/C23H19BrN2O6/c1-30-19-5-3-2-4-18(19)26-23(29)15-6-8-16(9-7-15)25-21(27)14-31-22(28)13-11-17-10-12-20(24)32-17/h2-13H,14H2,1H3,(H,25,27)(H,26,29)/b13-11+. The van der Waals surface area contributed by atoms with Gasteiger partial charge in [-0.3, -0.25) is 9.59 Å². The van der Waals surface area contributed by atoms with Crippen LogP contribution in [0.5, 0.6) is 5.75 Å². The Hall–Kier alpha value is -3.85. The van der Waals surface area contributed by atoms with Gasteiger partial charge in [-0.2, -0.15) is 0 Å². The molecule has 2 aromatic carbocycles. The second-order valence-electron chi connectivity index (χ2n) is 6.36. The van der Waals surface area contributed by atoms with Gasteiger partial charge in [0.15, 0.2) is 11.3 Å². The Morgan fingerprint density at radius 3 is 2.44 bits per heavy atom. The van der Waals surface area contributed by atoms with Crippen LogP contribution in [-0.4, -0.2) is 31.5 Å². The number of amides is 2. The summed E-state index contributed by atoms with van der Waals surface area (Å²) < 4.78 is 15.9.